The number of carbonyl (C=O) groups excluding carboxylic acids is 1. The van der Waals surface area contributed by atoms with Gasteiger partial charge in [0.15, 0.2) is 0 Å². The van der Waals surface area contributed by atoms with Crippen LogP contribution in [-0.2, 0) is 4.18 Å². The Balaban J connectivity index is 2.10. The van der Waals surface area contributed by atoms with E-state index in [1.807, 2.05) is 0 Å². The molecule has 1 fully saturated rings. The van der Waals surface area contributed by atoms with Crippen LogP contribution in [0, 0.1) is 0 Å². The molecule has 2 heterocycles. The first-order valence-electron chi connectivity index (χ1n) is 4.08. The molecule has 13 heavy (non-hydrogen) atoms. The Bertz CT molecular complexity index is 240. The molecule has 0 bridgehead atoms. The Morgan fingerprint density at radius 1 is 1.77 bits per heavy atom. The van der Waals surface area contributed by atoms with Gasteiger partial charge in [-0.25, -0.2) is 4.79 Å². The van der Waals surface area contributed by atoms with E-state index in [0.717, 1.165) is 12.2 Å². The zero-order valence-corrected chi connectivity index (χ0v) is 7.79. The molecule has 2 unspecified atom stereocenters. The van der Waals surface area contributed by atoms with Crippen molar-refractivity contribution in [3.63, 3.8) is 0 Å². The molecule has 2 atom stereocenters. The normalized spacial score (nSPS) is 33.6. The first-order chi connectivity index (χ1) is 6.29. The van der Waals surface area contributed by atoms with E-state index in [4.69, 9.17) is 9.92 Å². The van der Waals surface area contributed by atoms with E-state index in [1.165, 1.54) is 16.9 Å². The molecule has 2 aliphatic heterocycles. The summed E-state index contributed by atoms with van der Waals surface area (Å²) in [5, 5.41) is 2.58. The van der Waals surface area contributed by atoms with Crippen LogP contribution in [0.5, 0.6) is 0 Å². The fourth-order valence-corrected chi connectivity index (χ4v) is 2.09. The van der Waals surface area contributed by atoms with Crippen LogP contribution in [0.1, 0.15) is 6.42 Å². The average molecular weight is 201 g/mol. The number of nitrogens with zero attached hydrogens (tertiary/aromatic N) is 1. The summed E-state index contributed by atoms with van der Waals surface area (Å²) >= 11 is 1.38. The lowest BCUT2D eigenvalue weighted by Gasteiger charge is -2.33. The Hall–Kier alpha value is -0.720. The van der Waals surface area contributed by atoms with Gasteiger partial charge in [-0.3, -0.25) is 9.08 Å². The predicted molar refractivity (Wildman–Crippen MR) is 49.4 cm³/mol. The van der Waals surface area contributed by atoms with E-state index < -0.39 is 0 Å². The number of amides is 2. The molecular weight excluding hydrogens is 190 g/mol. The summed E-state index contributed by atoms with van der Waals surface area (Å²) in [6, 6.07) is -0.192. The van der Waals surface area contributed by atoms with Crippen LogP contribution in [0.2, 0.25) is 0 Å². The summed E-state index contributed by atoms with van der Waals surface area (Å²) in [4.78, 5) is 12.9. The Morgan fingerprint density at radius 2 is 2.62 bits per heavy atom. The number of carbonyl (C=O) groups is 1. The average Bonchev–Trinajstić information content (AvgIpc) is 2.57. The van der Waals surface area contributed by atoms with Crippen LogP contribution in [0.15, 0.2) is 12.3 Å². The van der Waals surface area contributed by atoms with Gasteiger partial charge in [0.1, 0.15) is 12.4 Å². The Kier molecular flexibility index (Phi) is 2.43. The summed E-state index contributed by atoms with van der Waals surface area (Å²) < 4.78 is 5.30. The quantitative estimate of drug-likeness (QED) is 0.595. The third-order valence-corrected chi connectivity index (χ3v) is 2.75. The van der Waals surface area contributed by atoms with Crippen molar-refractivity contribution in [2.45, 2.75) is 18.8 Å². The van der Waals surface area contributed by atoms with E-state index in [-0.39, 0.29) is 18.4 Å². The zero-order chi connectivity index (χ0) is 9.26. The van der Waals surface area contributed by atoms with E-state index in [9.17, 15) is 4.79 Å². The number of hydrogen-bond donors (Lipinski definition) is 2. The van der Waals surface area contributed by atoms with Gasteiger partial charge in [-0.15, -0.1) is 0 Å². The monoisotopic (exact) mass is 201 g/mol. The minimum Gasteiger partial charge on any atom is -0.315 e. The SMILES string of the molecule is NC1C=CNC(=O)N1C1CCSO1. The molecule has 3 N–H and O–H groups in total. The number of nitrogens with two attached hydrogens (primary N) is 1. The first-order valence-corrected chi connectivity index (χ1v) is 4.99. The van der Waals surface area contributed by atoms with Crippen LogP contribution in [-0.4, -0.2) is 29.1 Å². The van der Waals surface area contributed by atoms with E-state index in [2.05, 4.69) is 5.32 Å². The van der Waals surface area contributed by atoms with Gasteiger partial charge in [0.25, 0.3) is 0 Å². The fraction of sp³-hybridized carbons (Fsp3) is 0.571. The zero-order valence-electron chi connectivity index (χ0n) is 6.97. The Morgan fingerprint density at radius 3 is 3.23 bits per heavy atom. The standard InChI is InChI=1S/C7H11N3O2S/c8-5-1-3-9-7(11)10(5)6-2-4-13-12-6/h1,3,5-6H,2,4,8H2,(H,9,11). The lowest BCUT2D eigenvalue weighted by atomic mass is 10.3. The molecule has 2 aliphatic rings. The van der Waals surface area contributed by atoms with Gasteiger partial charge in [0.05, 0.1) is 0 Å². The summed E-state index contributed by atoms with van der Waals surface area (Å²) in [5.74, 6) is 0.908. The molecule has 0 saturated carbocycles. The van der Waals surface area contributed by atoms with Crippen molar-refractivity contribution in [3.8, 4) is 0 Å². The van der Waals surface area contributed by atoms with Crippen molar-refractivity contribution in [1.82, 2.24) is 10.2 Å². The second-order valence-corrected chi connectivity index (χ2v) is 3.70. The van der Waals surface area contributed by atoms with E-state index >= 15 is 0 Å². The van der Waals surface area contributed by atoms with Crippen molar-refractivity contribution in [1.29, 1.82) is 0 Å². The molecule has 0 aromatic carbocycles. The van der Waals surface area contributed by atoms with Gasteiger partial charge < -0.3 is 11.1 Å². The van der Waals surface area contributed by atoms with Crippen molar-refractivity contribution in [2.24, 2.45) is 5.73 Å². The maximum atomic E-state index is 11.4. The lowest BCUT2D eigenvalue weighted by molar-refractivity contribution is 0.0601. The van der Waals surface area contributed by atoms with Crippen molar-refractivity contribution >= 4 is 18.1 Å². The van der Waals surface area contributed by atoms with Crippen LogP contribution in [0.25, 0.3) is 0 Å². The van der Waals surface area contributed by atoms with Crippen LogP contribution >= 0.6 is 12.0 Å². The third kappa shape index (κ3) is 1.65. The van der Waals surface area contributed by atoms with Crippen molar-refractivity contribution in [2.75, 3.05) is 5.75 Å². The topological polar surface area (TPSA) is 67.6 Å². The molecule has 0 aromatic rings. The fourth-order valence-electron chi connectivity index (χ4n) is 1.35. The van der Waals surface area contributed by atoms with Crippen LogP contribution in [0.3, 0.4) is 0 Å². The summed E-state index contributed by atoms with van der Waals surface area (Å²) in [5.41, 5.74) is 5.74. The molecule has 6 heteroatoms. The Labute approximate surface area is 80.5 Å². The molecule has 1 saturated heterocycles. The van der Waals surface area contributed by atoms with Gasteiger partial charge >= 0.3 is 6.03 Å². The molecule has 0 radical (unpaired) electrons. The number of nitrogens with one attached hydrogen (secondary N) is 1. The second-order valence-electron chi connectivity index (χ2n) is 2.87. The number of hydrogen-bond acceptors (Lipinski definition) is 4. The maximum Gasteiger partial charge on any atom is 0.324 e. The third-order valence-electron chi connectivity index (χ3n) is 1.99. The van der Waals surface area contributed by atoms with Gasteiger partial charge in [-0.2, -0.15) is 0 Å². The predicted octanol–water partition coefficient (Wildman–Crippen LogP) is 0.205. The summed E-state index contributed by atoms with van der Waals surface area (Å²) in [7, 11) is 0. The highest BCUT2D eigenvalue weighted by Crippen LogP contribution is 2.25. The minimum absolute atomic E-state index is 0.190. The van der Waals surface area contributed by atoms with Gasteiger partial charge in [0, 0.05) is 18.4 Å². The highest BCUT2D eigenvalue weighted by molar-refractivity contribution is 7.94. The molecule has 0 spiro atoms. The highest BCUT2D eigenvalue weighted by Gasteiger charge is 2.32. The highest BCUT2D eigenvalue weighted by atomic mass is 32.2. The number of rotatable bonds is 1. The molecule has 72 valence electrons. The van der Waals surface area contributed by atoms with E-state index in [1.54, 1.807) is 12.3 Å². The molecule has 5 nitrogen and oxygen atoms in total. The van der Waals surface area contributed by atoms with Crippen molar-refractivity contribution in [3.05, 3.63) is 12.3 Å². The van der Waals surface area contributed by atoms with Gasteiger partial charge in [-0.05, 0) is 18.1 Å². The number of urea groups is 1. The molecule has 2 rings (SSSR count). The van der Waals surface area contributed by atoms with Gasteiger partial charge in [-0.1, -0.05) is 0 Å². The van der Waals surface area contributed by atoms with Gasteiger partial charge in [0.2, 0.25) is 0 Å². The molecule has 0 aliphatic carbocycles. The van der Waals surface area contributed by atoms with E-state index in [0.29, 0.717) is 0 Å². The van der Waals surface area contributed by atoms with Crippen molar-refractivity contribution < 1.29 is 8.98 Å². The molecular formula is C7H11N3O2S. The largest absolute Gasteiger partial charge is 0.324 e. The summed E-state index contributed by atoms with van der Waals surface area (Å²) in [6.45, 7) is 0. The molecule has 0 aromatic heterocycles. The smallest absolute Gasteiger partial charge is 0.315 e. The lowest BCUT2D eigenvalue weighted by Crippen LogP contribution is -2.55. The maximum absolute atomic E-state index is 11.4. The molecule has 2 amide bonds. The summed E-state index contributed by atoms with van der Waals surface area (Å²) in [6.07, 6.45) is 3.56. The van der Waals surface area contributed by atoms with Crippen LogP contribution in [0.4, 0.5) is 4.79 Å². The second kappa shape index (κ2) is 3.57. The van der Waals surface area contributed by atoms with Crippen LogP contribution < -0.4 is 11.1 Å². The minimum atomic E-state index is -0.377. The first kappa shape index (κ1) is 8.86.